The summed E-state index contributed by atoms with van der Waals surface area (Å²) in [6, 6.07) is 14.8. The predicted octanol–water partition coefficient (Wildman–Crippen LogP) is 3.61. The Hall–Kier alpha value is -2.69. The van der Waals surface area contributed by atoms with Crippen molar-refractivity contribution < 1.29 is 14.0 Å². The third-order valence-corrected chi connectivity index (χ3v) is 4.26. The van der Waals surface area contributed by atoms with Crippen LogP contribution in [0.25, 0.3) is 0 Å². The van der Waals surface area contributed by atoms with Gasteiger partial charge in [0.05, 0.1) is 12.1 Å². The Morgan fingerprint density at radius 2 is 1.60 bits per heavy atom. The van der Waals surface area contributed by atoms with Crippen LogP contribution < -0.4 is 5.32 Å². The summed E-state index contributed by atoms with van der Waals surface area (Å²) in [5.41, 5.74) is 1.71. The van der Waals surface area contributed by atoms with E-state index in [0.29, 0.717) is 6.54 Å². The molecule has 0 spiro atoms. The fourth-order valence-electron chi connectivity index (χ4n) is 2.73. The molecule has 0 saturated carbocycles. The number of benzene rings is 2. The minimum absolute atomic E-state index is 0.266. The molecule has 0 aromatic heterocycles. The third-order valence-electron chi connectivity index (χ3n) is 4.26. The Kier molecular flexibility index (Phi) is 6.28. The second-order valence-electron chi connectivity index (χ2n) is 5.92. The average molecular weight is 342 g/mol. The van der Waals surface area contributed by atoms with Crippen LogP contribution in [0.1, 0.15) is 44.0 Å². The highest BCUT2D eigenvalue weighted by atomic mass is 19.1. The number of likely N-dealkylation sites (N-methyl/N-ethyl adjacent to an activating group) is 1. The first kappa shape index (κ1) is 18.6. The molecule has 2 atom stereocenters. The molecule has 0 bridgehead atoms. The molecule has 2 amide bonds. The summed E-state index contributed by atoms with van der Waals surface area (Å²) >= 11 is 0. The summed E-state index contributed by atoms with van der Waals surface area (Å²) in [6.07, 6.45) is 0. The van der Waals surface area contributed by atoms with Crippen molar-refractivity contribution in [2.24, 2.45) is 0 Å². The number of carbonyl (C=O) groups excluding carboxylic acids is 2. The quantitative estimate of drug-likeness (QED) is 0.844. The van der Waals surface area contributed by atoms with E-state index in [0.717, 1.165) is 11.1 Å². The Balaban J connectivity index is 2.07. The number of carbonyl (C=O) groups is 2. The normalized spacial score (nSPS) is 13.0. The van der Waals surface area contributed by atoms with Crippen molar-refractivity contribution in [2.75, 3.05) is 6.54 Å². The van der Waals surface area contributed by atoms with Gasteiger partial charge < -0.3 is 10.2 Å². The van der Waals surface area contributed by atoms with Gasteiger partial charge in [-0.2, -0.15) is 0 Å². The molecule has 0 aliphatic rings. The van der Waals surface area contributed by atoms with E-state index in [-0.39, 0.29) is 17.9 Å². The monoisotopic (exact) mass is 342 g/mol. The Bertz CT molecular complexity index is 716. The van der Waals surface area contributed by atoms with Crippen LogP contribution in [-0.4, -0.2) is 23.3 Å². The molecule has 0 saturated heterocycles. The molecule has 25 heavy (non-hydrogen) atoms. The van der Waals surface area contributed by atoms with Crippen molar-refractivity contribution in [1.82, 2.24) is 10.2 Å². The van der Waals surface area contributed by atoms with E-state index in [4.69, 9.17) is 0 Å². The number of nitrogens with zero attached hydrogens (tertiary/aromatic N) is 1. The topological polar surface area (TPSA) is 49.4 Å². The lowest BCUT2D eigenvalue weighted by Gasteiger charge is -2.28. The summed E-state index contributed by atoms with van der Waals surface area (Å²) in [4.78, 5) is 26.4. The number of hydrogen-bond donors (Lipinski definition) is 1. The zero-order chi connectivity index (χ0) is 18.4. The van der Waals surface area contributed by atoms with E-state index in [2.05, 4.69) is 5.32 Å². The van der Waals surface area contributed by atoms with E-state index in [9.17, 15) is 14.0 Å². The second-order valence-corrected chi connectivity index (χ2v) is 5.92. The van der Waals surface area contributed by atoms with E-state index in [1.165, 1.54) is 17.0 Å². The highest BCUT2D eigenvalue weighted by molar-refractivity contribution is 6.35. The van der Waals surface area contributed by atoms with Crippen LogP contribution in [0.4, 0.5) is 4.39 Å². The molecule has 0 heterocycles. The molecule has 132 valence electrons. The van der Waals surface area contributed by atoms with Crippen LogP contribution in [0, 0.1) is 5.82 Å². The molecular formula is C20H23FN2O2. The Morgan fingerprint density at radius 3 is 2.16 bits per heavy atom. The van der Waals surface area contributed by atoms with Crippen LogP contribution in [0.15, 0.2) is 54.6 Å². The molecule has 1 N–H and O–H groups in total. The van der Waals surface area contributed by atoms with Gasteiger partial charge in [0, 0.05) is 6.54 Å². The molecular weight excluding hydrogens is 319 g/mol. The van der Waals surface area contributed by atoms with Crippen molar-refractivity contribution in [3.05, 3.63) is 71.5 Å². The van der Waals surface area contributed by atoms with Crippen LogP contribution >= 0.6 is 0 Å². The van der Waals surface area contributed by atoms with Gasteiger partial charge in [-0.1, -0.05) is 42.5 Å². The van der Waals surface area contributed by atoms with Crippen LogP contribution in [0.2, 0.25) is 0 Å². The summed E-state index contributed by atoms with van der Waals surface area (Å²) in [7, 11) is 0. The summed E-state index contributed by atoms with van der Waals surface area (Å²) in [5.74, 6) is -1.57. The maximum Gasteiger partial charge on any atom is 0.312 e. The largest absolute Gasteiger partial charge is 0.341 e. The first-order valence-electron chi connectivity index (χ1n) is 8.36. The molecule has 0 aliphatic heterocycles. The lowest BCUT2D eigenvalue weighted by molar-refractivity contribution is -0.147. The van der Waals surface area contributed by atoms with Crippen molar-refractivity contribution in [3.8, 4) is 0 Å². The highest BCUT2D eigenvalue weighted by Crippen LogP contribution is 2.21. The first-order chi connectivity index (χ1) is 11.9. The van der Waals surface area contributed by atoms with Gasteiger partial charge in [0.1, 0.15) is 5.82 Å². The van der Waals surface area contributed by atoms with Crippen LogP contribution in [0.3, 0.4) is 0 Å². The zero-order valence-corrected chi connectivity index (χ0v) is 14.7. The maximum absolute atomic E-state index is 13.1. The number of amides is 2. The molecule has 0 unspecified atom stereocenters. The van der Waals surface area contributed by atoms with Gasteiger partial charge in [-0.25, -0.2) is 4.39 Å². The SMILES string of the molecule is CCN(C(=O)C(=O)N[C@H](C)c1ccccc1)[C@@H](C)c1ccc(F)cc1. The Labute approximate surface area is 147 Å². The van der Waals surface area contributed by atoms with Gasteiger partial charge in [0.25, 0.3) is 0 Å². The van der Waals surface area contributed by atoms with Gasteiger partial charge in [-0.3, -0.25) is 9.59 Å². The molecule has 5 heteroatoms. The van der Waals surface area contributed by atoms with Gasteiger partial charge in [0.15, 0.2) is 0 Å². The smallest absolute Gasteiger partial charge is 0.312 e. The van der Waals surface area contributed by atoms with Gasteiger partial charge in [-0.15, -0.1) is 0 Å². The molecule has 4 nitrogen and oxygen atoms in total. The fourth-order valence-corrected chi connectivity index (χ4v) is 2.73. The number of halogens is 1. The summed E-state index contributed by atoms with van der Waals surface area (Å²) < 4.78 is 13.1. The lowest BCUT2D eigenvalue weighted by Crippen LogP contribution is -2.44. The average Bonchev–Trinajstić information content (AvgIpc) is 2.63. The second kappa shape index (κ2) is 8.42. The van der Waals surface area contributed by atoms with Gasteiger partial charge >= 0.3 is 11.8 Å². The van der Waals surface area contributed by atoms with Gasteiger partial charge in [-0.05, 0) is 44.0 Å². The molecule has 2 rings (SSSR count). The zero-order valence-electron chi connectivity index (χ0n) is 14.7. The van der Waals surface area contributed by atoms with Crippen molar-refractivity contribution in [2.45, 2.75) is 32.9 Å². The van der Waals surface area contributed by atoms with Gasteiger partial charge in [0.2, 0.25) is 0 Å². The molecule has 2 aromatic carbocycles. The fraction of sp³-hybridized carbons (Fsp3) is 0.300. The van der Waals surface area contributed by atoms with E-state index in [1.807, 2.05) is 51.1 Å². The minimum Gasteiger partial charge on any atom is -0.341 e. The maximum atomic E-state index is 13.1. The number of hydrogen-bond acceptors (Lipinski definition) is 2. The first-order valence-corrected chi connectivity index (χ1v) is 8.36. The Morgan fingerprint density at radius 1 is 1.00 bits per heavy atom. The van der Waals surface area contributed by atoms with E-state index >= 15 is 0 Å². The van der Waals surface area contributed by atoms with Crippen molar-refractivity contribution >= 4 is 11.8 Å². The standard InChI is InChI=1S/C20H23FN2O2/c1-4-23(15(3)17-10-12-18(21)13-11-17)20(25)19(24)22-14(2)16-8-6-5-7-9-16/h5-15H,4H2,1-3H3,(H,22,24)/t14-,15+/m1/s1. The molecule has 0 radical (unpaired) electrons. The van der Waals surface area contributed by atoms with E-state index < -0.39 is 11.8 Å². The van der Waals surface area contributed by atoms with Crippen molar-refractivity contribution in [1.29, 1.82) is 0 Å². The lowest BCUT2D eigenvalue weighted by atomic mass is 10.1. The molecule has 2 aromatic rings. The minimum atomic E-state index is -0.646. The third kappa shape index (κ3) is 4.66. The van der Waals surface area contributed by atoms with Crippen LogP contribution in [0.5, 0.6) is 0 Å². The van der Waals surface area contributed by atoms with Crippen molar-refractivity contribution in [3.63, 3.8) is 0 Å². The predicted molar refractivity (Wildman–Crippen MR) is 95.2 cm³/mol. The number of nitrogens with one attached hydrogen (secondary N) is 1. The summed E-state index contributed by atoms with van der Waals surface area (Å²) in [5, 5.41) is 2.74. The number of rotatable bonds is 5. The van der Waals surface area contributed by atoms with Crippen LogP contribution in [-0.2, 0) is 9.59 Å². The summed E-state index contributed by atoms with van der Waals surface area (Å²) in [6.45, 7) is 5.85. The van der Waals surface area contributed by atoms with E-state index in [1.54, 1.807) is 12.1 Å². The molecule has 0 fully saturated rings. The molecule has 0 aliphatic carbocycles. The highest BCUT2D eigenvalue weighted by Gasteiger charge is 2.26.